The fourth-order valence-electron chi connectivity index (χ4n) is 1.88. The highest BCUT2D eigenvalue weighted by atomic mass is 32.2. The van der Waals surface area contributed by atoms with Crippen molar-refractivity contribution in [3.05, 3.63) is 22.4 Å². The van der Waals surface area contributed by atoms with Crippen LogP contribution in [0.5, 0.6) is 0 Å². The molecule has 0 aliphatic heterocycles. The minimum atomic E-state index is -0.234. The Kier molecular flexibility index (Phi) is 5.00. The van der Waals surface area contributed by atoms with Gasteiger partial charge in [-0.15, -0.1) is 5.10 Å². The van der Waals surface area contributed by atoms with E-state index in [1.165, 1.54) is 22.7 Å². The smallest absolute Gasteiger partial charge is 0.343 e. The highest BCUT2D eigenvalue weighted by molar-refractivity contribution is 7.99. The van der Waals surface area contributed by atoms with Crippen molar-refractivity contribution in [3.63, 3.8) is 0 Å². The van der Waals surface area contributed by atoms with Crippen molar-refractivity contribution in [1.82, 2.24) is 24.7 Å². The molecular formula is C13H20N6OS. The summed E-state index contributed by atoms with van der Waals surface area (Å²) in [5.74, 6) is 1.12. The van der Waals surface area contributed by atoms with E-state index in [9.17, 15) is 4.79 Å². The molecule has 2 N–H and O–H groups in total. The Bertz CT molecular complexity index is 663. The summed E-state index contributed by atoms with van der Waals surface area (Å²) in [7, 11) is 1.68. The lowest BCUT2D eigenvalue weighted by atomic mass is 10.1. The third-order valence-electron chi connectivity index (χ3n) is 2.99. The second kappa shape index (κ2) is 6.75. The van der Waals surface area contributed by atoms with Gasteiger partial charge in [0.05, 0.1) is 0 Å². The van der Waals surface area contributed by atoms with Gasteiger partial charge in [-0.1, -0.05) is 20.8 Å². The molecule has 2 heterocycles. The standard InChI is InChI=1S/C13H20N6OS/c1-5-6-14-10-9(8(2)3)11(16-7-15-10)21-13-18-17-12(20)19(13)4/h7-8H,5-6H2,1-4H3,(H,17,20)(H,14,15,16). The van der Waals surface area contributed by atoms with Crippen LogP contribution in [0.4, 0.5) is 5.82 Å². The Labute approximate surface area is 127 Å². The first-order valence-electron chi connectivity index (χ1n) is 6.92. The van der Waals surface area contributed by atoms with Crippen LogP contribution in [-0.2, 0) is 7.05 Å². The van der Waals surface area contributed by atoms with Crippen LogP contribution < -0.4 is 11.0 Å². The maximum Gasteiger partial charge on any atom is 0.343 e. The largest absolute Gasteiger partial charge is 0.370 e. The Morgan fingerprint density at radius 3 is 2.76 bits per heavy atom. The van der Waals surface area contributed by atoms with Crippen LogP contribution in [0, 0.1) is 0 Å². The van der Waals surface area contributed by atoms with Crippen molar-refractivity contribution in [2.24, 2.45) is 7.05 Å². The minimum absolute atomic E-state index is 0.234. The van der Waals surface area contributed by atoms with Crippen molar-refractivity contribution >= 4 is 17.6 Å². The zero-order valence-electron chi connectivity index (χ0n) is 12.7. The summed E-state index contributed by atoms with van der Waals surface area (Å²) in [6, 6.07) is 0. The molecule has 0 amide bonds. The lowest BCUT2D eigenvalue weighted by Gasteiger charge is -2.15. The summed E-state index contributed by atoms with van der Waals surface area (Å²) in [4.78, 5) is 20.1. The van der Waals surface area contributed by atoms with E-state index < -0.39 is 0 Å². The molecule has 0 unspecified atom stereocenters. The number of anilines is 1. The van der Waals surface area contributed by atoms with Gasteiger partial charge in [-0.25, -0.2) is 19.9 Å². The molecule has 114 valence electrons. The molecule has 0 radical (unpaired) electrons. The van der Waals surface area contributed by atoms with Crippen molar-refractivity contribution in [2.45, 2.75) is 43.3 Å². The van der Waals surface area contributed by atoms with Crippen LogP contribution in [0.15, 0.2) is 21.3 Å². The fraction of sp³-hybridized carbons (Fsp3) is 0.538. The number of aromatic amines is 1. The van der Waals surface area contributed by atoms with Crippen LogP contribution in [0.1, 0.15) is 38.7 Å². The van der Waals surface area contributed by atoms with Gasteiger partial charge in [-0.05, 0) is 24.1 Å². The zero-order chi connectivity index (χ0) is 15.4. The first-order valence-corrected chi connectivity index (χ1v) is 7.74. The van der Waals surface area contributed by atoms with E-state index in [1.54, 1.807) is 7.05 Å². The molecule has 0 bridgehead atoms. The van der Waals surface area contributed by atoms with Crippen molar-refractivity contribution in [3.8, 4) is 0 Å². The van der Waals surface area contributed by atoms with E-state index in [4.69, 9.17) is 0 Å². The van der Waals surface area contributed by atoms with Crippen LogP contribution in [0.2, 0.25) is 0 Å². The Balaban J connectivity index is 2.38. The topological polar surface area (TPSA) is 88.5 Å². The lowest BCUT2D eigenvalue weighted by Crippen LogP contribution is -2.13. The highest BCUT2D eigenvalue weighted by Gasteiger charge is 2.18. The number of nitrogens with one attached hydrogen (secondary N) is 2. The molecular weight excluding hydrogens is 288 g/mol. The number of hydrogen-bond acceptors (Lipinski definition) is 6. The summed E-state index contributed by atoms with van der Waals surface area (Å²) < 4.78 is 1.47. The average molecular weight is 308 g/mol. The number of H-pyrrole nitrogens is 1. The van der Waals surface area contributed by atoms with E-state index in [0.29, 0.717) is 5.16 Å². The SMILES string of the molecule is CCCNc1ncnc(Sc2n[nH]c(=O)n2C)c1C(C)C. The summed E-state index contributed by atoms with van der Waals surface area (Å²) >= 11 is 1.37. The molecule has 2 aromatic heterocycles. The number of rotatable bonds is 6. The monoisotopic (exact) mass is 308 g/mol. The molecule has 0 spiro atoms. The summed E-state index contributed by atoms with van der Waals surface area (Å²) in [5, 5.41) is 11.2. The summed E-state index contributed by atoms with van der Waals surface area (Å²) in [6.45, 7) is 7.17. The van der Waals surface area contributed by atoms with Gasteiger partial charge >= 0.3 is 5.69 Å². The van der Waals surface area contributed by atoms with Crippen LogP contribution in [0.25, 0.3) is 0 Å². The van der Waals surface area contributed by atoms with Gasteiger partial charge in [-0.2, -0.15) is 0 Å². The summed E-state index contributed by atoms with van der Waals surface area (Å²) in [6.07, 6.45) is 2.56. The first-order chi connectivity index (χ1) is 10.0. The van der Waals surface area contributed by atoms with Crippen LogP contribution in [0.3, 0.4) is 0 Å². The molecule has 0 aliphatic rings. The molecule has 0 saturated heterocycles. The van der Waals surface area contributed by atoms with E-state index in [0.717, 1.165) is 29.4 Å². The molecule has 2 rings (SSSR count). The van der Waals surface area contributed by atoms with E-state index in [-0.39, 0.29) is 11.6 Å². The fourth-order valence-corrected chi connectivity index (χ4v) is 2.90. The number of aromatic nitrogens is 5. The molecule has 8 heteroatoms. The molecule has 0 aliphatic carbocycles. The predicted octanol–water partition coefficient (Wildman–Crippen LogP) is 1.99. The van der Waals surface area contributed by atoms with Crippen molar-refractivity contribution in [2.75, 3.05) is 11.9 Å². The normalized spacial score (nSPS) is 11.1. The minimum Gasteiger partial charge on any atom is -0.370 e. The molecule has 21 heavy (non-hydrogen) atoms. The molecule has 0 aromatic carbocycles. The predicted molar refractivity (Wildman–Crippen MR) is 82.9 cm³/mol. The van der Waals surface area contributed by atoms with E-state index in [2.05, 4.69) is 46.3 Å². The Morgan fingerprint density at radius 1 is 1.43 bits per heavy atom. The van der Waals surface area contributed by atoms with Gasteiger partial charge in [-0.3, -0.25) is 4.57 Å². The average Bonchev–Trinajstić information content (AvgIpc) is 2.77. The first kappa shape index (κ1) is 15.6. The Morgan fingerprint density at radius 2 is 2.19 bits per heavy atom. The Hall–Kier alpha value is -1.83. The maximum atomic E-state index is 11.4. The molecule has 7 nitrogen and oxygen atoms in total. The van der Waals surface area contributed by atoms with Gasteiger partial charge in [0.2, 0.25) is 0 Å². The molecule has 0 fully saturated rings. The van der Waals surface area contributed by atoms with Gasteiger partial charge in [0.1, 0.15) is 17.2 Å². The van der Waals surface area contributed by atoms with Crippen molar-refractivity contribution in [1.29, 1.82) is 0 Å². The summed E-state index contributed by atoms with van der Waals surface area (Å²) in [5.41, 5.74) is 0.813. The quantitative estimate of drug-likeness (QED) is 0.793. The number of hydrogen-bond donors (Lipinski definition) is 2. The molecule has 0 saturated carbocycles. The van der Waals surface area contributed by atoms with E-state index in [1.807, 2.05) is 0 Å². The molecule has 2 aromatic rings. The van der Waals surface area contributed by atoms with Gasteiger partial charge in [0, 0.05) is 19.2 Å². The van der Waals surface area contributed by atoms with Gasteiger partial charge in [0.15, 0.2) is 5.16 Å². The molecule has 0 atom stereocenters. The zero-order valence-corrected chi connectivity index (χ0v) is 13.5. The maximum absolute atomic E-state index is 11.4. The van der Waals surface area contributed by atoms with E-state index >= 15 is 0 Å². The van der Waals surface area contributed by atoms with Gasteiger partial charge < -0.3 is 5.32 Å². The third-order valence-corrected chi connectivity index (χ3v) is 4.06. The third kappa shape index (κ3) is 3.44. The van der Waals surface area contributed by atoms with Crippen LogP contribution in [-0.4, -0.2) is 31.3 Å². The second-order valence-corrected chi connectivity index (χ2v) is 5.95. The van der Waals surface area contributed by atoms with Gasteiger partial charge in [0.25, 0.3) is 0 Å². The second-order valence-electron chi connectivity index (χ2n) is 4.99. The highest BCUT2D eigenvalue weighted by Crippen LogP contribution is 2.34. The lowest BCUT2D eigenvalue weighted by molar-refractivity contribution is 0.758. The number of nitrogens with zero attached hydrogens (tertiary/aromatic N) is 4. The van der Waals surface area contributed by atoms with Crippen LogP contribution >= 0.6 is 11.8 Å². The van der Waals surface area contributed by atoms with Crippen molar-refractivity contribution < 1.29 is 0 Å².